The molecule has 2 aromatic rings. The summed E-state index contributed by atoms with van der Waals surface area (Å²) in [6.45, 7) is 4.90. The Balaban J connectivity index is 1.96. The van der Waals surface area contributed by atoms with Crippen LogP contribution in [0.5, 0.6) is 0 Å². The van der Waals surface area contributed by atoms with E-state index in [1.807, 2.05) is 0 Å². The second kappa shape index (κ2) is 6.15. The predicted octanol–water partition coefficient (Wildman–Crippen LogP) is 3.55. The molecule has 2 heterocycles. The summed E-state index contributed by atoms with van der Waals surface area (Å²) in [4.78, 5) is 4.75. The van der Waals surface area contributed by atoms with E-state index in [1.165, 1.54) is 23.9 Å². The van der Waals surface area contributed by atoms with Crippen LogP contribution in [0.25, 0.3) is 11.0 Å². The normalized spacial score (nSPS) is 19.6. The van der Waals surface area contributed by atoms with Gasteiger partial charge in [-0.1, -0.05) is 6.07 Å². The number of aromatic nitrogens is 2. The lowest BCUT2D eigenvalue weighted by Crippen LogP contribution is -2.23. The Hall–Kier alpha value is -1.06. The Bertz CT molecular complexity index is 587. The van der Waals surface area contributed by atoms with E-state index >= 15 is 0 Å². The van der Waals surface area contributed by atoms with Gasteiger partial charge in [0.25, 0.3) is 0 Å². The van der Waals surface area contributed by atoms with Gasteiger partial charge in [0.15, 0.2) is 0 Å². The molecule has 0 bridgehead atoms. The van der Waals surface area contributed by atoms with E-state index in [-0.39, 0.29) is 0 Å². The van der Waals surface area contributed by atoms with E-state index in [0.29, 0.717) is 11.8 Å². The first-order valence-electron chi connectivity index (χ1n) is 7.37. The van der Waals surface area contributed by atoms with Crippen LogP contribution in [0.3, 0.4) is 0 Å². The molecule has 3 rings (SSSR count). The highest BCUT2D eigenvalue weighted by Crippen LogP contribution is 2.23. The maximum absolute atomic E-state index is 5.93. The number of benzene rings is 1. The van der Waals surface area contributed by atoms with E-state index in [4.69, 9.17) is 21.3 Å². The first kappa shape index (κ1) is 13.9. The van der Waals surface area contributed by atoms with Gasteiger partial charge >= 0.3 is 0 Å². The van der Waals surface area contributed by atoms with Gasteiger partial charge in [-0.05, 0) is 37.5 Å². The van der Waals surface area contributed by atoms with Crippen LogP contribution < -0.4 is 0 Å². The van der Waals surface area contributed by atoms with Gasteiger partial charge in [-0.2, -0.15) is 0 Å². The summed E-state index contributed by atoms with van der Waals surface area (Å²) in [5.41, 5.74) is 3.58. The largest absolute Gasteiger partial charge is 0.381 e. The van der Waals surface area contributed by atoms with Crippen molar-refractivity contribution in [3.8, 4) is 0 Å². The molecule has 0 spiro atoms. The van der Waals surface area contributed by atoms with E-state index < -0.39 is 0 Å². The SMILES string of the molecule is Cc1ccc2nc(CCCl)n(CC3CCCOC3)c2c1. The maximum atomic E-state index is 5.93. The van der Waals surface area contributed by atoms with Crippen molar-refractivity contribution in [1.29, 1.82) is 0 Å². The van der Waals surface area contributed by atoms with Gasteiger partial charge < -0.3 is 9.30 Å². The summed E-state index contributed by atoms with van der Waals surface area (Å²) < 4.78 is 7.96. The molecular weight excluding hydrogens is 272 g/mol. The van der Waals surface area contributed by atoms with Gasteiger partial charge in [0, 0.05) is 31.4 Å². The molecule has 3 nitrogen and oxygen atoms in total. The number of nitrogens with zero attached hydrogens (tertiary/aromatic N) is 2. The van der Waals surface area contributed by atoms with Gasteiger partial charge in [0.05, 0.1) is 17.6 Å². The zero-order valence-electron chi connectivity index (χ0n) is 11.9. The van der Waals surface area contributed by atoms with Crippen molar-refractivity contribution in [2.75, 3.05) is 19.1 Å². The Kier molecular flexibility index (Phi) is 4.27. The Labute approximate surface area is 124 Å². The molecule has 1 atom stereocenters. The Morgan fingerprint density at radius 3 is 3.10 bits per heavy atom. The van der Waals surface area contributed by atoms with Crippen LogP contribution in [0, 0.1) is 12.8 Å². The average molecular weight is 293 g/mol. The summed E-state index contributed by atoms with van der Waals surface area (Å²) in [6.07, 6.45) is 3.23. The number of fused-ring (bicyclic) bond motifs is 1. The molecule has 0 radical (unpaired) electrons. The Morgan fingerprint density at radius 1 is 1.45 bits per heavy atom. The molecule has 0 amide bonds. The third-order valence-electron chi connectivity index (χ3n) is 4.00. The lowest BCUT2D eigenvalue weighted by Gasteiger charge is -2.23. The minimum atomic E-state index is 0.593. The van der Waals surface area contributed by atoms with Crippen LogP contribution in [-0.2, 0) is 17.7 Å². The summed E-state index contributed by atoms with van der Waals surface area (Å²) >= 11 is 5.93. The molecule has 1 aromatic carbocycles. The molecule has 1 fully saturated rings. The van der Waals surface area contributed by atoms with Crippen molar-refractivity contribution in [3.63, 3.8) is 0 Å². The topological polar surface area (TPSA) is 27.1 Å². The molecule has 108 valence electrons. The third-order valence-corrected chi connectivity index (χ3v) is 4.19. The monoisotopic (exact) mass is 292 g/mol. The highest BCUT2D eigenvalue weighted by atomic mass is 35.5. The second-order valence-electron chi connectivity index (χ2n) is 5.65. The van der Waals surface area contributed by atoms with Crippen LogP contribution in [0.2, 0.25) is 0 Å². The minimum Gasteiger partial charge on any atom is -0.381 e. The van der Waals surface area contributed by atoms with Crippen LogP contribution in [0.4, 0.5) is 0 Å². The number of hydrogen-bond acceptors (Lipinski definition) is 2. The van der Waals surface area contributed by atoms with E-state index in [2.05, 4.69) is 29.7 Å². The summed E-state index contributed by atoms with van der Waals surface area (Å²) in [5, 5.41) is 0. The number of halogens is 1. The Morgan fingerprint density at radius 2 is 2.35 bits per heavy atom. The van der Waals surface area contributed by atoms with Crippen LogP contribution in [0.1, 0.15) is 24.2 Å². The van der Waals surface area contributed by atoms with Crippen LogP contribution >= 0.6 is 11.6 Å². The van der Waals surface area contributed by atoms with Gasteiger partial charge in [0.1, 0.15) is 5.82 Å². The number of ether oxygens (including phenoxy) is 1. The summed E-state index contributed by atoms with van der Waals surface area (Å²) in [7, 11) is 0. The van der Waals surface area contributed by atoms with Crippen LogP contribution in [-0.4, -0.2) is 28.6 Å². The molecule has 1 saturated heterocycles. The average Bonchev–Trinajstić information content (AvgIpc) is 2.78. The number of rotatable bonds is 4. The molecule has 1 aliphatic heterocycles. The van der Waals surface area contributed by atoms with Gasteiger partial charge in [0.2, 0.25) is 0 Å². The first-order chi connectivity index (χ1) is 9.78. The maximum Gasteiger partial charge on any atom is 0.111 e. The fraction of sp³-hybridized carbons (Fsp3) is 0.562. The third kappa shape index (κ3) is 2.84. The van der Waals surface area contributed by atoms with Crippen molar-refractivity contribution >= 4 is 22.6 Å². The van der Waals surface area contributed by atoms with Gasteiger partial charge in [-0.25, -0.2) is 4.98 Å². The molecule has 4 heteroatoms. The number of alkyl halides is 1. The van der Waals surface area contributed by atoms with Crippen LogP contribution in [0.15, 0.2) is 18.2 Å². The standard InChI is InChI=1S/C16H21ClN2O/c1-12-4-5-14-15(9-12)19(16(18-14)6-7-17)10-13-3-2-8-20-11-13/h4-5,9,13H,2-3,6-8,10-11H2,1H3. The fourth-order valence-electron chi connectivity index (χ4n) is 2.97. The molecule has 0 N–H and O–H groups in total. The molecule has 1 aliphatic rings. The highest BCUT2D eigenvalue weighted by Gasteiger charge is 2.18. The lowest BCUT2D eigenvalue weighted by atomic mass is 10.0. The number of imidazole rings is 1. The van der Waals surface area contributed by atoms with Crippen molar-refractivity contribution in [2.24, 2.45) is 5.92 Å². The van der Waals surface area contributed by atoms with Gasteiger partial charge in [-0.3, -0.25) is 0 Å². The smallest absolute Gasteiger partial charge is 0.111 e. The van der Waals surface area contributed by atoms with Crippen molar-refractivity contribution in [2.45, 2.75) is 32.7 Å². The van der Waals surface area contributed by atoms with E-state index in [0.717, 1.165) is 37.5 Å². The van der Waals surface area contributed by atoms with E-state index in [1.54, 1.807) is 0 Å². The van der Waals surface area contributed by atoms with Crippen molar-refractivity contribution in [3.05, 3.63) is 29.6 Å². The molecule has 20 heavy (non-hydrogen) atoms. The first-order valence-corrected chi connectivity index (χ1v) is 7.91. The zero-order valence-corrected chi connectivity index (χ0v) is 12.7. The fourth-order valence-corrected chi connectivity index (χ4v) is 3.14. The highest BCUT2D eigenvalue weighted by molar-refractivity contribution is 6.17. The molecular formula is C16H21ClN2O. The number of aryl methyl sites for hydroxylation is 2. The second-order valence-corrected chi connectivity index (χ2v) is 6.03. The molecule has 0 saturated carbocycles. The van der Waals surface area contributed by atoms with Crippen molar-refractivity contribution < 1.29 is 4.74 Å². The number of hydrogen-bond donors (Lipinski definition) is 0. The molecule has 1 aromatic heterocycles. The quantitative estimate of drug-likeness (QED) is 0.806. The molecule has 0 aliphatic carbocycles. The lowest BCUT2D eigenvalue weighted by molar-refractivity contribution is 0.0485. The van der Waals surface area contributed by atoms with Crippen molar-refractivity contribution in [1.82, 2.24) is 9.55 Å². The zero-order chi connectivity index (χ0) is 13.9. The summed E-state index contributed by atoms with van der Waals surface area (Å²) in [6, 6.07) is 6.45. The van der Waals surface area contributed by atoms with Gasteiger partial charge in [-0.15, -0.1) is 11.6 Å². The minimum absolute atomic E-state index is 0.593. The summed E-state index contributed by atoms with van der Waals surface area (Å²) in [5.74, 6) is 2.31. The van der Waals surface area contributed by atoms with E-state index in [9.17, 15) is 0 Å². The molecule has 1 unspecified atom stereocenters. The predicted molar refractivity (Wildman–Crippen MR) is 82.4 cm³/mol.